The van der Waals surface area contributed by atoms with E-state index in [4.69, 9.17) is 14.2 Å². The van der Waals surface area contributed by atoms with Crippen LogP contribution in [-0.4, -0.2) is 51.5 Å². The Balaban J connectivity index is 1.38. The molecule has 12 nitrogen and oxygen atoms in total. The molecule has 0 saturated carbocycles. The molecule has 1 atom stereocenters. The Labute approximate surface area is 297 Å². The normalized spacial score (nSPS) is 12.9. The van der Waals surface area contributed by atoms with Crippen molar-refractivity contribution in [2.24, 2.45) is 0 Å². The fourth-order valence-electron chi connectivity index (χ4n) is 5.52. The average molecular weight is 733 g/mol. The zero-order chi connectivity index (χ0) is 37.1. The predicted molar refractivity (Wildman–Crippen MR) is 202 cm³/mol. The highest BCUT2D eigenvalue weighted by Gasteiger charge is 2.23. The molecular weight excluding hydrogens is 691 g/mol. The van der Waals surface area contributed by atoms with Gasteiger partial charge in [0.2, 0.25) is 17.4 Å². The van der Waals surface area contributed by atoms with Gasteiger partial charge in [0.1, 0.15) is 17.2 Å². The summed E-state index contributed by atoms with van der Waals surface area (Å²) in [6, 6.07) is 22.5. The Morgan fingerprint density at radius 1 is 0.863 bits per heavy atom. The van der Waals surface area contributed by atoms with E-state index in [9.17, 15) is 22.7 Å². The van der Waals surface area contributed by atoms with E-state index in [1.165, 1.54) is 20.9 Å². The highest BCUT2D eigenvalue weighted by atomic mass is 32.2. The molecule has 4 aromatic carbocycles. The lowest BCUT2D eigenvalue weighted by Crippen LogP contribution is -2.22. The Hall–Kier alpha value is -5.10. The first kappa shape index (κ1) is 37.2. The molecule has 14 heteroatoms. The van der Waals surface area contributed by atoms with E-state index >= 15 is 0 Å². The summed E-state index contributed by atoms with van der Waals surface area (Å²) >= 11 is 0. The number of aromatic nitrogens is 1. The second-order valence-corrected chi connectivity index (χ2v) is 17.1. The summed E-state index contributed by atoms with van der Waals surface area (Å²) < 4.78 is 56.2. The van der Waals surface area contributed by atoms with Crippen LogP contribution in [0.2, 0.25) is 0 Å². The van der Waals surface area contributed by atoms with Gasteiger partial charge < -0.3 is 29.7 Å². The van der Waals surface area contributed by atoms with Crippen molar-refractivity contribution < 1.29 is 36.9 Å². The van der Waals surface area contributed by atoms with E-state index in [-0.39, 0.29) is 22.2 Å². The van der Waals surface area contributed by atoms with Crippen LogP contribution < -0.4 is 34.9 Å². The molecule has 1 heterocycles. The molecule has 1 aromatic heterocycles. The maximum Gasteiger partial charge on any atom is 0.323 e. The second kappa shape index (κ2) is 14.6. The summed E-state index contributed by atoms with van der Waals surface area (Å²) in [6.45, 7) is 7.21. The van der Waals surface area contributed by atoms with Gasteiger partial charge in [0.25, 0.3) is 0 Å². The van der Waals surface area contributed by atoms with Gasteiger partial charge >= 0.3 is 6.03 Å². The number of sulfonamides is 1. The fourth-order valence-corrected chi connectivity index (χ4v) is 6.99. The van der Waals surface area contributed by atoms with Crippen molar-refractivity contribution in [3.05, 3.63) is 102 Å². The van der Waals surface area contributed by atoms with Gasteiger partial charge in [0.05, 0.1) is 42.8 Å². The topological polar surface area (TPSA) is 165 Å². The molecule has 268 valence electrons. The maximum atomic E-state index is 13.4. The molecule has 5 rings (SSSR count). The van der Waals surface area contributed by atoms with Crippen LogP contribution in [0, 0.1) is 0 Å². The van der Waals surface area contributed by atoms with Gasteiger partial charge in [0, 0.05) is 41.8 Å². The lowest BCUT2D eigenvalue weighted by atomic mass is 9.86. The van der Waals surface area contributed by atoms with Crippen molar-refractivity contribution in [2.75, 3.05) is 42.5 Å². The zero-order valence-corrected chi connectivity index (χ0v) is 31.1. The van der Waals surface area contributed by atoms with E-state index in [1.807, 2.05) is 51.1 Å². The number of hydrogen-bond acceptors (Lipinski definition) is 8. The molecule has 0 spiro atoms. The molecule has 0 aliphatic rings. The van der Waals surface area contributed by atoms with Gasteiger partial charge in [-0.25, -0.2) is 13.2 Å². The van der Waals surface area contributed by atoms with E-state index in [1.54, 1.807) is 54.7 Å². The number of nitrogens with one attached hydrogen (secondary N) is 3. The number of benzene rings is 4. The Morgan fingerprint density at radius 2 is 1.55 bits per heavy atom. The highest BCUT2D eigenvalue weighted by molar-refractivity contribution is 7.92. The quantitative estimate of drug-likeness (QED) is 0.101. The standard InChI is InChI=1S/C37H41N4O8PS/c1-37(2,3)24-20-30(35(48-5)31(21-24)41-51(7,45)46)40-36(42)39-29-13-14-32(28-11-9-8-10-27(28)29)49-26-16-17-38-25(22-26)18-23-12-15-34(50(6,43)44)33(19-23)47-4/h8-17,19-22,41H,18H2,1-7H3,(H,43,44)(H2,39,40,42). The summed E-state index contributed by atoms with van der Waals surface area (Å²) in [4.78, 5) is 28.0. The van der Waals surface area contributed by atoms with E-state index < -0.39 is 23.4 Å². The number of urea groups is 1. The number of pyridine rings is 1. The molecule has 0 radical (unpaired) electrons. The van der Waals surface area contributed by atoms with Gasteiger partial charge in [0.15, 0.2) is 5.75 Å². The first-order chi connectivity index (χ1) is 23.9. The minimum atomic E-state index is -3.64. The number of methoxy groups -OCH3 is 2. The molecule has 0 aliphatic heterocycles. The van der Waals surface area contributed by atoms with Gasteiger partial charge in [-0.05, 0) is 59.0 Å². The summed E-state index contributed by atoms with van der Waals surface area (Å²) in [5.74, 6) is 1.61. The van der Waals surface area contributed by atoms with Crippen LogP contribution in [0.15, 0.2) is 85.1 Å². The van der Waals surface area contributed by atoms with Crippen LogP contribution >= 0.6 is 7.37 Å². The predicted octanol–water partition coefficient (Wildman–Crippen LogP) is 7.47. The van der Waals surface area contributed by atoms with E-state index in [0.717, 1.165) is 28.2 Å². The molecule has 5 aromatic rings. The van der Waals surface area contributed by atoms with Crippen molar-refractivity contribution in [1.29, 1.82) is 0 Å². The van der Waals surface area contributed by atoms with Crippen molar-refractivity contribution in [3.63, 3.8) is 0 Å². The van der Waals surface area contributed by atoms with Crippen LogP contribution in [0.3, 0.4) is 0 Å². The number of carbonyl (C=O) groups excluding carboxylic acids is 1. The lowest BCUT2D eigenvalue weighted by Gasteiger charge is -2.24. The fraction of sp³-hybridized carbons (Fsp3) is 0.243. The maximum absolute atomic E-state index is 13.4. The number of carbonyl (C=O) groups is 1. The van der Waals surface area contributed by atoms with Gasteiger partial charge in [-0.2, -0.15) is 0 Å². The average Bonchev–Trinajstić information content (AvgIpc) is 3.04. The van der Waals surface area contributed by atoms with Crippen molar-refractivity contribution in [1.82, 2.24) is 4.98 Å². The molecular formula is C37H41N4O8PS. The number of hydrogen-bond donors (Lipinski definition) is 4. The van der Waals surface area contributed by atoms with Crippen LogP contribution in [0.4, 0.5) is 21.9 Å². The third-order valence-corrected chi connectivity index (χ3v) is 9.78. The van der Waals surface area contributed by atoms with Crippen LogP contribution in [-0.2, 0) is 26.4 Å². The molecule has 0 saturated heterocycles. The monoisotopic (exact) mass is 732 g/mol. The molecule has 0 aliphatic carbocycles. The Morgan fingerprint density at radius 3 is 2.20 bits per heavy atom. The van der Waals surface area contributed by atoms with E-state index in [0.29, 0.717) is 40.7 Å². The molecule has 4 N–H and O–H groups in total. The first-order valence-corrected chi connectivity index (χ1v) is 19.9. The second-order valence-electron chi connectivity index (χ2n) is 13.1. The largest absolute Gasteiger partial charge is 0.496 e. The number of ether oxygens (including phenoxy) is 3. The van der Waals surface area contributed by atoms with E-state index in [2.05, 4.69) is 20.3 Å². The van der Waals surface area contributed by atoms with Crippen LogP contribution in [0.1, 0.15) is 37.6 Å². The van der Waals surface area contributed by atoms with Crippen LogP contribution in [0.25, 0.3) is 10.8 Å². The third kappa shape index (κ3) is 9.18. The summed E-state index contributed by atoms with van der Waals surface area (Å²) in [6.07, 6.45) is 3.12. The van der Waals surface area contributed by atoms with Gasteiger partial charge in [-0.3, -0.25) is 14.3 Å². The first-order valence-electron chi connectivity index (χ1n) is 15.9. The lowest BCUT2D eigenvalue weighted by molar-refractivity contribution is 0.262. The van der Waals surface area contributed by atoms with Crippen LogP contribution in [0.5, 0.6) is 23.0 Å². The van der Waals surface area contributed by atoms with Crippen molar-refractivity contribution >= 4 is 56.6 Å². The number of anilines is 3. The Kier molecular flexibility index (Phi) is 10.7. The summed E-state index contributed by atoms with van der Waals surface area (Å²) in [5.41, 5.74) is 2.99. The smallest absolute Gasteiger partial charge is 0.323 e. The molecule has 1 unspecified atom stereocenters. The van der Waals surface area contributed by atoms with Crippen molar-refractivity contribution in [3.8, 4) is 23.0 Å². The zero-order valence-electron chi connectivity index (χ0n) is 29.4. The van der Waals surface area contributed by atoms with Gasteiger partial charge in [-0.15, -0.1) is 0 Å². The molecule has 2 amide bonds. The summed E-state index contributed by atoms with van der Waals surface area (Å²) in [5, 5.41) is 7.46. The summed E-state index contributed by atoms with van der Waals surface area (Å²) in [7, 11) is -4.28. The molecule has 0 bridgehead atoms. The number of rotatable bonds is 11. The van der Waals surface area contributed by atoms with Crippen molar-refractivity contribution in [2.45, 2.75) is 32.6 Å². The third-order valence-electron chi connectivity index (χ3n) is 7.93. The number of fused-ring (bicyclic) bond motifs is 1. The number of amides is 2. The minimum absolute atomic E-state index is 0.169. The molecule has 0 fully saturated rings. The van der Waals surface area contributed by atoms with Gasteiger partial charge in [-0.1, -0.05) is 51.1 Å². The SMILES string of the molecule is COc1cc(Cc2cc(Oc3ccc(NC(=O)Nc4cc(C(C)(C)C)cc(NS(C)(=O)=O)c4OC)c4ccccc34)ccn2)ccc1P(C)(=O)O. The number of nitrogens with zero attached hydrogens (tertiary/aromatic N) is 1. The molecule has 51 heavy (non-hydrogen) atoms. The minimum Gasteiger partial charge on any atom is -0.496 e. The Bertz CT molecular complexity index is 2270. The highest BCUT2D eigenvalue weighted by Crippen LogP contribution is 2.41.